The standard InChI is InChI=1S/C18H16N2O3.2C4H9.Sn/c21-17-8-4-1-5-12(17)10-20-16(18(22)23)9-13-11-19-15-7-3-2-6-14(13)15;2*1-3-4-2;/h1-8,10-11,16,19-20H,9H2,(H,22,23);2*1,3-4H2,2H3;/b12-10+;;;/t16-;;;/m0.../s1. The Morgan fingerprint density at radius 1 is 1.12 bits per heavy atom. The maximum Gasteiger partial charge on any atom is 0.326 e. The molecule has 0 fully saturated rings. The molecule has 2 aromatic rings. The summed E-state index contributed by atoms with van der Waals surface area (Å²) in [4.78, 5) is 26.3. The van der Waals surface area contributed by atoms with Gasteiger partial charge in [0.25, 0.3) is 0 Å². The largest absolute Gasteiger partial charge is 0.480 e. The molecule has 6 heteroatoms. The third kappa shape index (κ3) is 8.69. The molecule has 170 valence electrons. The molecule has 32 heavy (non-hydrogen) atoms. The average molecular weight is 541 g/mol. The molecule has 1 aliphatic rings. The first-order valence-corrected chi connectivity index (χ1v) is 15.4. The molecule has 5 nitrogen and oxygen atoms in total. The zero-order chi connectivity index (χ0) is 23.2. The van der Waals surface area contributed by atoms with Crippen LogP contribution in [0.1, 0.15) is 45.1 Å². The van der Waals surface area contributed by atoms with Crippen LogP contribution in [0.2, 0.25) is 8.87 Å². The molecule has 0 saturated heterocycles. The number of aromatic amines is 1. The Hall–Kier alpha value is -2.28. The van der Waals surface area contributed by atoms with Gasteiger partial charge < -0.3 is 15.4 Å². The second-order valence-electron chi connectivity index (χ2n) is 7.76. The predicted molar refractivity (Wildman–Crippen MR) is 133 cm³/mol. The maximum atomic E-state index is 11.7. The number of allylic oxidation sites excluding steroid dienone is 5. The first-order valence-electron chi connectivity index (χ1n) is 11.4. The molecule has 0 unspecified atom stereocenters. The zero-order valence-corrected chi connectivity index (χ0v) is 21.9. The molecule has 0 aliphatic heterocycles. The van der Waals surface area contributed by atoms with Crippen molar-refractivity contribution < 1.29 is 14.7 Å². The minimum atomic E-state index is -0.963. The predicted octanol–water partition coefficient (Wildman–Crippen LogP) is 5.46. The van der Waals surface area contributed by atoms with Crippen LogP contribution < -0.4 is 5.32 Å². The number of hydrogen-bond donors (Lipinski definition) is 3. The van der Waals surface area contributed by atoms with Gasteiger partial charge in [0, 0.05) is 35.3 Å². The van der Waals surface area contributed by atoms with Crippen molar-refractivity contribution in [1.29, 1.82) is 0 Å². The summed E-state index contributed by atoms with van der Waals surface area (Å²) in [6, 6.07) is 6.93. The van der Waals surface area contributed by atoms with Crippen LogP contribution in [0, 0.1) is 0 Å². The van der Waals surface area contributed by atoms with Crippen molar-refractivity contribution in [2.75, 3.05) is 0 Å². The first-order chi connectivity index (χ1) is 15.6. The number of fused-ring (bicyclic) bond motifs is 1. The third-order valence-electron chi connectivity index (χ3n) is 5.17. The third-order valence-corrected chi connectivity index (χ3v) is 9.21. The monoisotopic (exact) mass is 542 g/mol. The summed E-state index contributed by atoms with van der Waals surface area (Å²) in [7, 11) is 0. The van der Waals surface area contributed by atoms with Gasteiger partial charge in [0.1, 0.15) is 6.04 Å². The summed E-state index contributed by atoms with van der Waals surface area (Å²) in [6.07, 6.45) is 15.9. The van der Waals surface area contributed by atoms with Gasteiger partial charge in [-0.15, -0.1) is 0 Å². The van der Waals surface area contributed by atoms with E-state index in [-0.39, 0.29) is 26.9 Å². The molecular formula is C26H34N2O3Sn. The van der Waals surface area contributed by atoms with Gasteiger partial charge in [-0.2, -0.15) is 0 Å². The van der Waals surface area contributed by atoms with Crippen LogP contribution in [0.3, 0.4) is 0 Å². The number of unbranched alkanes of at least 4 members (excludes halogenated alkanes) is 2. The van der Waals surface area contributed by atoms with Crippen molar-refractivity contribution in [2.24, 2.45) is 0 Å². The van der Waals surface area contributed by atoms with Crippen molar-refractivity contribution in [1.82, 2.24) is 10.3 Å². The molecule has 3 N–H and O–H groups in total. The van der Waals surface area contributed by atoms with Gasteiger partial charge >= 0.3 is 75.5 Å². The van der Waals surface area contributed by atoms with E-state index in [1.54, 1.807) is 27.1 Å². The van der Waals surface area contributed by atoms with Crippen LogP contribution in [0.4, 0.5) is 0 Å². The Balaban J connectivity index is 0.000000344. The summed E-state index contributed by atoms with van der Waals surface area (Å²) >= 11 is 0.149. The molecule has 0 bridgehead atoms. The number of aliphatic carboxylic acids is 1. The molecule has 1 aromatic carbocycles. The maximum absolute atomic E-state index is 11.7. The molecule has 1 heterocycles. The molecule has 3 rings (SSSR count). The van der Waals surface area contributed by atoms with Crippen molar-refractivity contribution >= 4 is 43.8 Å². The number of ketones is 1. The minimum Gasteiger partial charge on any atom is -0.480 e. The number of carboxylic acid groups (broad SMARTS) is 1. The van der Waals surface area contributed by atoms with Gasteiger partial charge in [-0.25, -0.2) is 4.79 Å². The van der Waals surface area contributed by atoms with Crippen molar-refractivity contribution in [3.8, 4) is 0 Å². The first kappa shape index (κ1) is 26.0. The molecule has 0 spiro atoms. The molecule has 2 radical (unpaired) electrons. The number of aromatic nitrogens is 1. The number of benzene rings is 1. The van der Waals surface area contributed by atoms with Crippen molar-refractivity contribution in [3.63, 3.8) is 0 Å². The Bertz CT molecular complexity index is 953. The van der Waals surface area contributed by atoms with Crippen LogP contribution in [-0.4, -0.2) is 49.0 Å². The quantitative estimate of drug-likeness (QED) is 0.201. The summed E-state index contributed by atoms with van der Waals surface area (Å²) in [5.41, 5.74) is 2.34. The minimum absolute atomic E-state index is 0.142. The van der Waals surface area contributed by atoms with E-state index < -0.39 is 12.0 Å². The van der Waals surface area contributed by atoms with E-state index >= 15 is 0 Å². The normalized spacial score (nSPS) is 14.9. The smallest absolute Gasteiger partial charge is 0.326 e. The SMILES string of the molecule is CCC[CH2][Sn][CH2]CCC.O=C1C=CC=C/C1=C\N[C@@H](Cc1c[nH]c2ccccc12)C(=O)O. The van der Waals surface area contributed by atoms with E-state index in [0.717, 1.165) is 16.5 Å². The number of carbonyl (C=O) groups excluding carboxylic acids is 1. The second kappa shape index (κ2) is 14.7. The zero-order valence-electron chi connectivity index (χ0n) is 19.1. The van der Waals surface area contributed by atoms with Crippen LogP contribution in [0.5, 0.6) is 0 Å². The number of nitrogens with one attached hydrogen (secondary N) is 2. The average Bonchev–Trinajstić information content (AvgIpc) is 3.21. The molecule has 0 saturated carbocycles. The Kier molecular flexibility index (Phi) is 11.9. The fourth-order valence-electron chi connectivity index (χ4n) is 3.26. The van der Waals surface area contributed by atoms with Crippen LogP contribution in [0.25, 0.3) is 10.9 Å². The molecule has 1 aliphatic carbocycles. The van der Waals surface area contributed by atoms with Gasteiger partial charge in [0.15, 0.2) is 5.78 Å². The Morgan fingerprint density at radius 3 is 2.47 bits per heavy atom. The van der Waals surface area contributed by atoms with Crippen LogP contribution in [-0.2, 0) is 16.0 Å². The number of H-pyrrole nitrogens is 1. The van der Waals surface area contributed by atoms with Crippen molar-refractivity contribution in [2.45, 2.75) is 60.9 Å². The summed E-state index contributed by atoms with van der Waals surface area (Å²) in [5.74, 6) is -1.11. The van der Waals surface area contributed by atoms with Gasteiger partial charge in [-0.3, -0.25) is 4.79 Å². The number of hydrogen-bond acceptors (Lipinski definition) is 3. The van der Waals surface area contributed by atoms with Gasteiger partial charge in [-0.05, 0) is 23.8 Å². The van der Waals surface area contributed by atoms with E-state index in [4.69, 9.17) is 0 Å². The Labute approximate surface area is 201 Å². The van der Waals surface area contributed by atoms with E-state index in [2.05, 4.69) is 24.1 Å². The fraction of sp³-hybridized carbons (Fsp3) is 0.385. The van der Waals surface area contributed by atoms with E-state index in [1.165, 1.54) is 38.0 Å². The summed E-state index contributed by atoms with van der Waals surface area (Å²) in [6.45, 7) is 4.58. The van der Waals surface area contributed by atoms with Crippen molar-refractivity contribution in [3.05, 3.63) is 72.1 Å². The van der Waals surface area contributed by atoms with Crippen LogP contribution >= 0.6 is 0 Å². The summed E-state index contributed by atoms with van der Waals surface area (Å²) in [5, 5.41) is 13.3. The molecular weight excluding hydrogens is 507 g/mol. The number of rotatable bonds is 11. The number of carbonyl (C=O) groups is 2. The number of para-hydroxylation sites is 1. The Morgan fingerprint density at radius 2 is 1.81 bits per heavy atom. The topological polar surface area (TPSA) is 82.2 Å². The van der Waals surface area contributed by atoms with Crippen LogP contribution in [0.15, 0.2) is 66.5 Å². The number of carboxylic acids is 1. The summed E-state index contributed by atoms with van der Waals surface area (Å²) < 4.78 is 3.25. The van der Waals surface area contributed by atoms with Gasteiger partial charge in [0.05, 0.1) is 0 Å². The van der Waals surface area contributed by atoms with E-state index in [1.807, 2.05) is 30.5 Å². The molecule has 0 amide bonds. The van der Waals surface area contributed by atoms with E-state index in [0.29, 0.717) is 12.0 Å². The molecule has 1 atom stereocenters. The second-order valence-corrected chi connectivity index (χ2v) is 12.0. The van der Waals surface area contributed by atoms with Gasteiger partial charge in [0.2, 0.25) is 0 Å². The van der Waals surface area contributed by atoms with Gasteiger partial charge in [-0.1, -0.05) is 30.4 Å². The molecule has 1 aromatic heterocycles. The van der Waals surface area contributed by atoms with E-state index in [9.17, 15) is 14.7 Å². The fourth-order valence-corrected chi connectivity index (χ4v) is 7.42.